The van der Waals surface area contributed by atoms with E-state index in [1.165, 1.54) is 12.3 Å². The Kier molecular flexibility index (Phi) is 4.95. The van der Waals surface area contributed by atoms with E-state index in [1.807, 2.05) is 0 Å². The summed E-state index contributed by atoms with van der Waals surface area (Å²) in [6, 6.07) is 1.44. The molecule has 1 rings (SSSR count). The lowest BCUT2D eigenvalue weighted by molar-refractivity contribution is 0.0975. The molecule has 1 aromatic heterocycles. The summed E-state index contributed by atoms with van der Waals surface area (Å²) >= 11 is 0. The van der Waals surface area contributed by atoms with E-state index in [0.29, 0.717) is 6.42 Å². The van der Waals surface area contributed by atoms with E-state index in [9.17, 15) is 9.18 Å². The van der Waals surface area contributed by atoms with E-state index in [0.717, 1.165) is 31.9 Å². The van der Waals surface area contributed by atoms with Crippen LogP contribution in [0.5, 0.6) is 0 Å². The lowest BCUT2D eigenvalue weighted by Gasteiger charge is -2.01. The fourth-order valence-electron chi connectivity index (χ4n) is 1.45. The molecule has 0 bridgehead atoms. The number of nitrogens with zero attached hydrogens (tertiary/aromatic N) is 1. The normalized spacial score (nSPS) is 10.3. The summed E-state index contributed by atoms with van der Waals surface area (Å²) < 4.78 is 13.1. The molecule has 0 aliphatic heterocycles. The first-order valence-electron chi connectivity index (χ1n) is 5.38. The van der Waals surface area contributed by atoms with Crippen molar-refractivity contribution in [1.29, 1.82) is 0 Å². The Morgan fingerprint density at radius 3 is 2.87 bits per heavy atom. The number of unbranched alkanes of at least 4 members (excludes halogenated alkanes) is 3. The van der Waals surface area contributed by atoms with Gasteiger partial charge in [0.1, 0.15) is 0 Å². The van der Waals surface area contributed by atoms with Crippen LogP contribution in [0.1, 0.15) is 49.4 Å². The Labute approximate surface area is 89.5 Å². The number of carbonyl (C=O) groups excluding carboxylic acids is 1. The Hall–Kier alpha value is -1.25. The maximum Gasteiger partial charge on any atom is 0.165 e. The highest BCUT2D eigenvalue weighted by Crippen LogP contribution is 2.11. The molecule has 0 saturated carbocycles. The molecule has 0 fully saturated rings. The van der Waals surface area contributed by atoms with Crippen LogP contribution in [0.4, 0.5) is 4.39 Å². The van der Waals surface area contributed by atoms with Gasteiger partial charge in [0, 0.05) is 12.6 Å². The summed E-state index contributed by atoms with van der Waals surface area (Å²) in [5.74, 6) is -0.635. The van der Waals surface area contributed by atoms with Crippen LogP contribution in [0, 0.1) is 5.82 Å². The molecule has 0 radical (unpaired) electrons. The number of pyridine rings is 1. The van der Waals surface area contributed by atoms with Crippen LogP contribution >= 0.6 is 0 Å². The molecule has 3 heteroatoms. The molecule has 15 heavy (non-hydrogen) atoms. The number of rotatable bonds is 6. The van der Waals surface area contributed by atoms with Gasteiger partial charge < -0.3 is 0 Å². The summed E-state index contributed by atoms with van der Waals surface area (Å²) in [5, 5.41) is 0. The third kappa shape index (κ3) is 3.78. The van der Waals surface area contributed by atoms with Gasteiger partial charge in [-0.1, -0.05) is 26.2 Å². The average molecular weight is 209 g/mol. The van der Waals surface area contributed by atoms with Crippen LogP contribution in [0.15, 0.2) is 18.5 Å². The van der Waals surface area contributed by atoms with Crippen molar-refractivity contribution in [3.63, 3.8) is 0 Å². The SMILES string of the molecule is CCCCCCC(=O)c1ccncc1F. The standard InChI is InChI=1S/C12H16FNO/c1-2-3-4-5-6-12(15)10-7-8-14-9-11(10)13/h7-9H,2-6H2,1H3. The topological polar surface area (TPSA) is 30.0 Å². The van der Waals surface area contributed by atoms with Gasteiger partial charge in [-0.3, -0.25) is 9.78 Å². The van der Waals surface area contributed by atoms with E-state index in [4.69, 9.17) is 0 Å². The van der Waals surface area contributed by atoms with Crippen LogP contribution in [0.2, 0.25) is 0 Å². The van der Waals surface area contributed by atoms with Gasteiger partial charge in [-0.25, -0.2) is 4.39 Å². The van der Waals surface area contributed by atoms with Crippen LogP contribution in [0.3, 0.4) is 0 Å². The Morgan fingerprint density at radius 2 is 2.20 bits per heavy atom. The van der Waals surface area contributed by atoms with Gasteiger partial charge in [0.2, 0.25) is 0 Å². The van der Waals surface area contributed by atoms with Gasteiger partial charge in [-0.15, -0.1) is 0 Å². The van der Waals surface area contributed by atoms with Crippen molar-refractivity contribution >= 4 is 5.78 Å². The smallest absolute Gasteiger partial charge is 0.165 e. The Morgan fingerprint density at radius 1 is 1.40 bits per heavy atom. The van der Waals surface area contributed by atoms with Crippen LogP contribution in [-0.4, -0.2) is 10.8 Å². The molecule has 0 spiro atoms. The van der Waals surface area contributed by atoms with Gasteiger partial charge >= 0.3 is 0 Å². The molecule has 0 aliphatic carbocycles. The Balaban J connectivity index is 2.44. The van der Waals surface area contributed by atoms with E-state index < -0.39 is 5.82 Å². The van der Waals surface area contributed by atoms with E-state index >= 15 is 0 Å². The zero-order valence-corrected chi connectivity index (χ0v) is 9.00. The van der Waals surface area contributed by atoms with E-state index in [1.54, 1.807) is 0 Å². The molecule has 2 nitrogen and oxygen atoms in total. The number of hydrogen-bond acceptors (Lipinski definition) is 2. The monoisotopic (exact) mass is 209 g/mol. The molecule has 0 amide bonds. The number of halogens is 1. The minimum absolute atomic E-state index is 0.119. The minimum atomic E-state index is -0.516. The molecule has 1 heterocycles. The lowest BCUT2D eigenvalue weighted by Crippen LogP contribution is -2.02. The number of carbonyl (C=O) groups is 1. The van der Waals surface area contributed by atoms with Gasteiger partial charge in [-0.05, 0) is 12.5 Å². The van der Waals surface area contributed by atoms with Crippen molar-refractivity contribution in [2.45, 2.75) is 39.0 Å². The van der Waals surface area contributed by atoms with Crippen molar-refractivity contribution in [1.82, 2.24) is 4.98 Å². The summed E-state index contributed by atoms with van der Waals surface area (Å²) in [6.45, 7) is 2.12. The number of hydrogen-bond donors (Lipinski definition) is 0. The van der Waals surface area contributed by atoms with Gasteiger partial charge in [0.15, 0.2) is 11.6 Å². The summed E-state index contributed by atoms with van der Waals surface area (Å²) in [5.41, 5.74) is 0.168. The summed E-state index contributed by atoms with van der Waals surface area (Å²) in [4.78, 5) is 15.2. The molecule has 82 valence electrons. The first-order valence-corrected chi connectivity index (χ1v) is 5.38. The Bertz CT molecular complexity index is 325. The zero-order valence-electron chi connectivity index (χ0n) is 9.00. The van der Waals surface area contributed by atoms with Gasteiger partial charge in [0.25, 0.3) is 0 Å². The molecular weight excluding hydrogens is 193 g/mol. The summed E-state index contributed by atoms with van der Waals surface area (Å²) in [6.07, 6.45) is 7.11. The second-order valence-electron chi connectivity index (χ2n) is 3.59. The van der Waals surface area contributed by atoms with Crippen LogP contribution in [-0.2, 0) is 0 Å². The number of ketones is 1. The molecule has 0 aliphatic rings. The highest BCUT2D eigenvalue weighted by atomic mass is 19.1. The van der Waals surface area contributed by atoms with Crippen molar-refractivity contribution in [3.8, 4) is 0 Å². The average Bonchev–Trinajstić information content (AvgIpc) is 2.25. The molecular formula is C12H16FNO. The van der Waals surface area contributed by atoms with Gasteiger partial charge in [0.05, 0.1) is 11.8 Å². The largest absolute Gasteiger partial charge is 0.294 e. The fourth-order valence-corrected chi connectivity index (χ4v) is 1.45. The molecule has 1 aromatic rings. The maximum atomic E-state index is 13.1. The number of aromatic nitrogens is 1. The molecule has 0 N–H and O–H groups in total. The highest BCUT2D eigenvalue weighted by molar-refractivity contribution is 5.96. The molecule has 0 atom stereocenters. The zero-order chi connectivity index (χ0) is 11.1. The van der Waals surface area contributed by atoms with E-state index in [-0.39, 0.29) is 11.3 Å². The third-order valence-electron chi connectivity index (χ3n) is 2.33. The number of Topliss-reactive ketones (excluding diaryl/α,β-unsaturated/α-hetero) is 1. The van der Waals surface area contributed by atoms with Crippen molar-refractivity contribution < 1.29 is 9.18 Å². The van der Waals surface area contributed by atoms with Gasteiger partial charge in [-0.2, -0.15) is 0 Å². The first kappa shape index (κ1) is 11.8. The lowest BCUT2D eigenvalue weighted by atomic mass is 10.1. The molecule has 0 saturated heterocycles. The predicted molar refractivity (Wildman–Crippen MR) is 57.3 cm³/mol. The second kappa shape index (κ2) is 6.27. The van der Waals surface area contributed by atoms with Crippen molar-refractivity contribution in [2.75, 3.05) is 0 Å². The maximum absolute atomic E-state index is 13.1. The molecule has 0 aromatic carbocycles. The quantitative estimate of drug-likeness (QED) is 0.531. The van der Waals surface area contributed by atoms with E-state index in [2.05, 4.69) is 11.9 Å². The third-order valence-corrected chi connectivity index (χ3v) is 2.33. The minimum Gasteiger partial charge on any atom is -0.294 e. The first-order chi connectivity index (χ1) is 7.25. The van der Waals surface area contributed by atoms with Crippen molar-refractivity contribution in [3.05, 3.63) is 29.8 Å². The fraction of sp³-hybridized carbons (Fsp3) is 0.500. The summed E-state index contributed by atoms with van der Waals surface area (Å²) in [7, 11) is 0. The molecule has 0 unspecified atom stereocenters. The second-order valence-corrected chi connectivity index (χ2v) is 3.59. The predicted octanol–water partition coefficient (Wildman–Crippen LogP) is 3.37. The van der Waals surface area contributed by atoms with Crippen molar-refractivity contribution in [2.24, 2.45) is 0 Å². The van der Waals surface area contributed by atoms with Crippen LogP contribution < -0.4 is 0 Å². The highest BCUT2D eigenvalue weighted by Gasteiger charge is 2.10. The van der Waals surface area contributed by atoms with Crippen LogP contribution in [0.25, 0.3) is 0 Å².